The Labute approximate surface area is 75.3 Å². The highest BCUT2D eigenvalue weighted by atomic mass is 16.4. The summed E-state index contributed by atoms with van der Waals surface area (Å²) in [6.07, 6.45) is 3.42. The monoisotopic (exact) mass is 175 g/mol. The van der Waals surface area contributed by atoms with Crippen molar-refractivity contribution in [3.63, 3.8) is 0 Å². The van der Waals surface area contributed by atoms with Gasteiger partial charge in [-0.05, 0) is 11.6 Å². The van der Waals surface area contributed by atoms with Crippen LogP contribution in [0.1, 0.15) is 11.3 Å². The van der Waals surface area contributed by atoms with Gasteiger partial charge in [0.15, 0.2) is 5.58 Å². The maximum Gasteiger partial charge on any atom is 0.153 e. The van der Waals surface area contributed by atoms with Gasteiger partial charge in [0.1, 0.15) is 17.9 Å². The SMILES string of the molecule is C=Cc1cnc2cc(CO)oc2c1. The van der Waals surface area contributed by atoms with E-state index in [0.717, 1.165) is 11.1 Å². The molecule has 0 bridgehead atoms. The van der Waals surface area contributed by atoms with E-state index in [-0.39, 0.29) is 6.61 Å². The second-order valence-corrected chi connectivity index (χ2v) is 2.73. The lowest BCUT2D eigenvalue weighted by Crippen LogP contribution is -1.75. The summed E-state index contributed by atoms with van der Waals surface area (Å²) in [7, 11) is 0. The van der Waals surface area contributed by atoms with Crippen molar-refractivity contribution in [2.24, 2.45) is 0 Å². The van der Waals surface area contributed by atoms with E-state index in [4.69, 9.17) is 9.52 Å². The zero-order valence-corrected chi connectivity index (χ0v) is 7.03. The Balaban J connectivity index is 2.63. The lowest BCUT2D eigenvalue weighted by molar-refractivity contribution is 0.251. The summed E-state index contributed by atoms with van der Waals surface area (Å²) in [6, 6.07) is 3.57. The van der Waals surface area contributed by atoms with Crippen molar-refractivity contribution in [1.82, 2.24) is 4.98 Å². The van der Waals surface area contributed by atoms with Gasteiger partial charge in [0, 0.05) is 12.3 Å². The lowest BCUT2D eigenvalue weighted by Gasteiger charge is -1.90. The highest BCUT2D eigenvalue weighted by Gasteiger charge is 2.03. The summed E-state index contributed by atoms with van der Waals surface area (Å²) in [5.74, 6) is 0.531. The van der Waals surface area contributed by atoms with Crippen molar-refractivity contribution in [1.29, 1.82) is 0 Å². The quantitative estimate of drug-likeness (QED) is 0.758. The molecular formula is C10H9NO2. The molecule has 0 spiro atoms. The zero-order valence-electron chi connectivity index (χ0n) is 7.03. The molecule has 66 valence electrons. The maximum atomic E-state index is 8.82. The van der Waals surface area contributed by atoms with E-state index >= 15 is 0 Å². The van der Waals surface area contributed by atoms with Crippen LogP contribution >= 0.6 is 0 Å². The van der Waals surface area contributed by atoms with E-state index < -0.39 is 0 Å². The van der Waals surface area contributed by atoms with Gasteiger partial charge in [-0.3, -0.25) is 4.98 Å². The van der Waals surface area contributed by atoms with Crippen molar-refractivity contribution >= 4 is 17.2 Å². The fourth-order valence-electron chi connectivity index (χ4n) is 1.17. The van der Waals surface area contributed by atoms with Gasteiger partial charge in [0.2, 0.25) is 0 Å². The second kappa shape index (κ2) is 3.03. The molecule has 0 aliphatic heterocycles. The molecular weight excluding hydrogens is 166 g/mol. The van der Waals surface area contributed by atoms with Gasteiger partial charge in [0.05, 0.1) is 0 Å². The van der Waals surface area contributed by atoms with Crippen molar-refractivity contribution in [3.8, 4) is 0 Å². The van der Waals surface area contributed by atoms with Crippen molar-refractivity contribution in [2.45, 2.75) is 6.61 Å². The van der Waals surface area contributed by atoms with Crippen molar-refractivity contribution < 1.29 is 9.52 Å². The van der Waals surface area contributed by atoms with Gasteiger partial charge in [-0.2, -0.15) is 0 Å². The molecule has 0 saturated carbocycles. The van der Waals surface area contributed by atoms with E-state index in [1.54, 1.807) is 18.3 Å². The Bertz CT molecular complexity index is 445. The Hall–Kier alpha value is -1.61. The topological polar surface area (TPSA) is 46.3 Å². The Morgan fingerprint density at radius 1 is 1.54 bits per heavy atom. The number of hydrogen-bond acceptors (Lipinski definition) is 3. The van der Waals surface area contributed by atoms with Gasteiger partial charge < -0.3 is 9.52 Å². The third kappa shape index (κ3) is 1.34. The minimum atomic E-state index is -0.0974. The van der Waals surface area contributed by atoms with Crippen molar-refractivity contribution in [2.75, 3.05) is 0 Å². The van der Waals surface area contributed by atoms with Crippen LogP contribution in [0.15, 0.2) is 29.3 Å². The van der Waals surface area contributed by atoms with Crippen LogP contribution in [0.3, 0.4) is 0 Å². The average Bonchev–Trinajstić information content (AvgIpc) is 2.58. The maximum absolute atomic E-state index is 8.82. The number of hydrogen-bond donors (Lipinski definition) is 1. The van der Waals surface area contributed by atoms with E-state index in [2.05, 4.69) is 11.6 Å². The first-order valence-electron chi connectivity index (χ1n) is 3.95. The van der Waals surface area contributed by atoms with E-state index in [1.807, 2.05) is 6.07 Å². The number of fused-ring (bicyclic) bond motifs is 1. The summed E-state index contributed by atoms with van der Waals surface area (Å²) < 4.78 is 5.30. The number of rotatable bonds is 2. The zero-order chi connectivity index (χ0) is 9.26. The highest BCUT2D eigenvalue weighted by molar-refractivity contribution is 5.75. The molecule has 0 atom stereocenters. The molecule has 2 aromatic rings. The van der Waals surface area contributed by atoms with Crippen molar-refractivity contribution in [3.05, 3.63) is 36.2 Å². The predicted octanol–water partition coefficient (Wildman–Crippen LogP) is 1.96. The largest absolute Gasteiger partial charge is 0.457 e. The summed E-state index contributed by atoms with van der Waals surface area (Å²) in [5, 5.41) is 8.82. The molecule has 0 aliphatic rings. The second-order valence-electron chi connectivity index (χ2n) is 2.73. The van der Waals surface area contributed by atoms with E-state index in [9.17, 15) is 0 Å². The van der Waals surface area contributed by atoms with Crippen LogP contribution in [0.5, 0.6) is 0 Å². The molecule has 2 heterocycles. The molecule has 13 heavy (non-hydrogen) atoms. The third-order valence-electron chi connectivity index (χ3n) is 1.83. The normalized spacial score (nSPS) is 10.5. The average molecular weight is 175 g/mol. The standard InChI is InChI=1S/C10H9NO2/c1-2-7-3-10-9(11-5-7)4-8(6-12)13-10/h2-5,12H,1,6H2. The number of nitrogens with zero attached hydrogens (tertiary/aromatic N) is 1. The van der Waals surface area contributed by atoms with Crippen LogP contribution in [0.25, 0.3) is 17.2 Å². The lowest BCUT2D eigenvalue weighted by atomic mass is 10.2. The van der Waals surface area contributed by atoms with Gasteiger partial charge >= 0.3 is 0 Å². The Morgan fingerprint density at radius 2 is 2.38 bits per heavy atom. The minimum absolute atomic E-state index is 0.0974. The van der Waals surface area contributed by atoms with Crippen LogP contribution < -0.4 is 0 Å². The van der Waals surface area contributed by atoms with E-state index in [1.165, 1.54) is 0 Å². The smallest absolute Gasteiger partial charge is 0.153 e. The number of pyridine rings is 1. The number of aliphatic hydroxyl groups is 1. The van der Waals surface area contributed by atoms with E-state index in [0.29, 0.717) is 11.3 Å². The highest BCUT2D eigenvalue weighted by Crippen LogP contribution is 2.18. The molecule has 2 aromatic heterocycles. The molecule has 0 fully saturated rings. The van der Waals surface area contributed by atoms with Crippen LogP contribution in [0, 0.1) is 0 Å². The van der Waals surface area contributed by atoms with Crippen LogP contribution in [0.2, 0.25) is 0 Å². The fourth-order valence-corrected chi connectivity index (χ4v) is 1.17. The number of aliphatic hydroxyl groups excluding tert-OH is 1. The molecule has 3 nitrogen and oxygen atoms in total. The molecule has 0 saturated heterocycles. The molecule has 0 aliphatic carbocycles. The molecule has 0 radical (unpaired) electrons. The fraction of sp³-hybridized carbons (Fsp3) is 0.100. The number of furan rings is 1. The molecule has 0 aromatic carbocycles. The summed E-state index contributed by atoms with van der Waals surface area (Å²) in [6.45, 7) is 3.54. The summed E-state index contributed by atoms with van der Waals surface area (Å²) >= 11 is 0. The number of aromatic nitrogens is 1. The van der Waals surface area contributed by atoms with Gasteiger partial charge in [0.25, 0.3) is 0 Å². The van der Waals surface area contributed by atoms with Crippen LogP contribution in [0.4, 0.5) is 0 Å². The minimum Gasteiger partial charge on any atom is -0.457 e. The Morgan fingerprint density at radius 3 is 3.08 bits per heavy atom. The van der Waals surface area contributed by atoms with Crippen LogP contribution in [-0.4, -0.2) is 10.1 Å². The molecule has 0 amide bonds. The summed E-state index contributed by atoms with van der Waals surface area (Å²) in [4.78, 5) is 4.14. The predicted molar refractivity (Wildman–Crippen MR) is 50.0 cm³/mol. The molecule has 1 N–H and O–H groups in total. The van der Waals surface area contributed by atoms with Crippen LogP contribution in [-0.2, 0) is 6.61 Å². The first-order valence-corrected chi connectivity index (χ1v) is 3.95. The first kappa shape index (κ1) is 8.01. The van der Waals surface area contributed by atoms with Gasteiger partial charge in [-0.25, -0.2) is 0 Å². The molecule has 3 heteroatoms. The van der Waals surface area contributed by atoms with Gasteiger partial charge in [-0.1, -0.05) is 12.7 Å². The summed E-state index contributed by atoms with van der Waals surface area (Å²) in [5.41, 5.74) is 2.35. The van der Waals surface area contributed by atoms with Gasteiger partial charge in [-0.15, -0.1) is 0 Å². The third-order valence-corrected chi connectivity index (χ3v) is 1.83. The molecule has 0 unspecified atom stereocenters. The molecule has 2 rings (SSSR count). The first-order chi connectivity index (χ1) is 6.33. The Kier molecular flexibility index (Phi) is 1.87.